The summed E-state index contributed by atoms with van der Waals surface area (Å²) >= 11 is 0. The third kappa shape index (κ3) is 11.4. The minimum atomic E-state index is -0.768. The lowest BCUT2D eigenvalue weighted by Gasteiger charge is -2.41. The molecule has 5 aliphatic rings. The van der Waals surface area contributed by atoms with Crippen LogP contribution in [-0.4, -0.2) is 135 Å². The molecule has 6 amide bonds. The van der Waals surface area contributed by atoms with Crippen LogP contribution in [0.3, 0.4) is 0 Å². The van der Waals surface area contributed by atoms with E-state index < -0.39 is 47.1 Å². The first-order valence-electron chi connectivity index (χ1n) is 26.1. The smallest absolute Gasteiger partial charge is 0.246 e. The highest BCUT2D eigenvalue weighted by molar-refractivity contribution is 5.95. The molecule has 3 fully saturated rings. The zero-order chi connectivity index (χ0) is 50.7. The van der Waals surface area contributed by atoms with E-state index in [4.69, 9.17) is 0 Å². The van der Waals surface area contributed by atoms with E-state index in [1.165, 1.54) is 22.5 Å². The summed E-state index contributed by atoms with van der Waals surface area (Å²) in [5.41, 5.74) is 6.18. The van der Waals surface area contributed by atoms with Crippen molar-refractivity contribution in [1.82, 2.24) is 41.7 Å². The number of likely N-dealkylation sites (tertiary alicyclic amines) is 2. The molecule has 0 radical (unpaired) electrons. The quantitative estimate of drug-likeness (QED) is 0.160. The number of carbonyl (C=O) groups excluding carboxylic acids is 6. The predicted molar refractivity (Wildman–Crippen MR) is 274 cm³/mol. The SMILES string of the molecule is CN[C@@H](C)C(=O)NC(C(=O)N1CCC[C@H]1C(=O)N[C@@H]1CCCc2c1cccc2N1CCN(c2cccc3c2CCC[C@H]3NC(=O)[C@@H]2CCCN2C(=O)[C@@H](NC(=O)[C@H](C)NC)C(C)(C)C)CC1)C(C)(C)C. The number of amides is 6. The molecule has 16 heteroatoms. The molecule has 384 valence electrons. The summed E-state index contributed by atoms with van der Waals surface area (Å²) in [6.07, 6.45) is 8.01. The maximum Gasteiger partial charge on any atom is 0.246 e. The van der Waals surface area contributed by atoms with Gasteiger partial charge in [0, 0.05) is 50.6 Å². The monoisotopic (exact) mass is 967 g/mol. The highest BCUT2D eigenvalue weighted by Crippen LogP contribution is 2.40. The molecule has 2 aromatic rings. The second-order valence-corrected chi connectivity index (χ2v) is 22.6. The van der Waals surface area contributed by atoms with Gasteiger partial charge in [-0.15, -0.1) is 0 Å². The summed E-state index contributed by atoms with van der Waals surface area (Å²) < 4.78 is 0. The first kappa shape index (κ1) is 52.6. The Morgan fingerprint density at radius 2 is 0.900 bits per heavy atom. The fourth-order valence-corrected chi connectivity index (χ4v) is 11.3. The Morgan fingerprint density at radius 1 is 0.529 bits per heavy atom. The molecule has 16 nitrogen and oxygen atoms in total. The Kier molecular flexibility index (Phi) is 16.6. The van der Waals surface area contributed by atoms with Gasteiger partial charge in [0.15, 0.2) is 0 Å². The third-order valence-electron chi connectivity index (χ3n) is 15.7. The number of carbonyl (C=O) groups is 6. The number of nitrogens with zero attached hydrogens (tertiary/aromatic N) is 4. The van der Waals surface area contributed by atoms with Crippen molar-refractivity contribution in [3.8, 4) is 0 Å². The maximum atomic E-state index is 14.2. The zero-order valence-electron chi connectivity index (χ0n) is 43.6. The molecule has 6 N–H and O–H groups in total. The van der Waals surface area contributed by atoms with Crippen LogP contribution in [0.4, 0.5) is 11.4 Å². The van der Waals surface area contributed by atoms with Gasteiger partial charge in [-0.3, -0.25) is 28.8 Å². The number of hydrogen-bond acceptors (Lipinski definition) is 10. The Balaban J connectivity index is 0.990. The minimum absolute atomic E-state index is 0.138. The van der Waals surface area contributed by atoms with E-state index in [2.05, 4.69) is 78.1 Å². The van der Waals surface area contributed by atoms with Gasteiger partial charge in [0.2, 0.25) is 35.4 Å². The summed E-state index contributed by atoms with van der Waals surface area (Å²) in [6.45, 7) is 19.4. The summed E-state index contributed by atoms with van der Waals surface area (Å²) in [4.78, 5) is 90.8. The van der Waals surface area contributed by atoms with E-state index in [1.807, 2.05) is 41.5 Å². The first-order chi connectivity index (χ1) is 33.2. The number of fused-ring (bicyclic) bond motifs is 2. The van der Waals surface area contributed by atoms with Gasteiger partial charge in [0.05, 0.1) is 24.2 Å². The van der Waals surface area contributed by atoms with Crippen LogP contribution in [0.25, 0.3) is 0 Å². The Morgan fingerprint density at radius 3 is 1.24 bits per heavy atom. The molecule has 3 aliphatic heterocycles. The van der Waals surface area contributed by atoms with Gasteiger partial charge < -0.3 is 51.5 Å². The lowest BCUT2D eigenvalue weighted by Crippen LogP contribution is -2.59. The van der Waals surface area contributed by atoms with E-state index in [0.29, 0.717) is 25.9 Å². The first-order valence-corrected chi connectivity index (χ1v) is 26.1. The van der Waals surface area contributed by atoms with Crippen molar-refractivity contribution in [2.75, 3.05) is 63.2 Å². The molecule has 0 spiro atoms. The molecule has 8 atom stereocenters. The summed E-state index contributed by atoms with van der Waals surface area (Å²) in [5, 5.41) is 18.6. The highest BCUT2D eigenvalue weighted by Gasteiger charge is 2.45. The normalized spacial score (nSPS) is 23.3. The molecule has 3 heterocycles. The number of likely N-dealkylation sites (N-methyl/N-ethyl adjacent to an activating group) is 2. The van der Waals surface area contributed by atoms with Gasteiger partial charge in [-0.1, -0.05) is 65.8 Å². The fraction of sp³-hybridized carbons (Fsp3) is 0.667. The van der Waals surface area contributed by atoms with Crippen LogP contribution in [0.1, 0.15) is 141 Å². The fourth-order valence-electron chi connectivity index (χ4n) is 11.3. The Labute approximate surface area is 416 Å². The molecule has 0 saturated carbocycles. The molecule has 3 saturated heterocycles. The lowest BCUT2D eigenvalue weighted by atomic mass is 9.85. The second-order valence-electron chi connectivity index (χ2n) is 22.6. The number of nitrogens with one attached hydrogen (secondary N) is 6. The highest BCUT2D eigenvalue weighted by atomic mass is 16.2. The Bertz CT molecular complexity index is 2090. The summed E-state index contributed by atoms with van der Waals surface area (Å²) in [6, 6.07) is 8.97. The van der Waals surface area contributed by atoms with E-state index in [-0.39, 0.29) is 47.5 Å². The third-order valence-corrected chi connectivity index (χ3v) is 15.7. The molecular formula is C54H82N10O6. The molecule has 0 bridgehead atoms. The average Bonchev–Trinajstić information content (AvgIpc) is 4.05. The van der Waals surface area contributed by atoms with E-state index in [9.17, 15) is 28.8 Å². The van der Waals surface area contributed by atoms with Gasteiger partial charge in [-0.05, 0) is 137 Å². The van der Waals surface area contributed by atoms with Gasteiger partial charge >= 0.3 is 0 Å². The molecule has 7 rings (SSSR count). The molecule has 2 aliphatic carbocycles. The predicted octanol–water partition coefficient (Wildman–Crippen LogP) is 4.26. The number of rotatable bonds is 14. The molecule has 1 unspecified atom stereocenters. The van der Waals surface area contributed by atoms with E-state index in [1.54, 1.807) is 37.7 Å². The average molecular weight is 967 g/mol. The van der Waals surface area contributed by atoms with Gasteiger partial charge in [0.1, 0.15) is 24.2 Å². The van der Waals surface area contributed by atoms with Gasteiger partial charge in [0.25, 0.3) is 0 Å². The number of anilines is 2. The Hall–Kier alpha value is -5.22. The standard InChI is InChI=1S/C54H82N10O6/c1-33(55-9)47(65)59-45(53(3,4)5)51(69)63-27-15-25-43(63)49(67)57-39-21-11-19-37-35(39)17-13-23-41(37)61-29-31-62(32-30-61)42-24-14-18-36-38(42)20-12-22-40(36)58-50(68)44-26-16-28-64(44)52(70)46(54(6,7)8)60-48(66)34(2)56-10/h13-14,17-18,23-24,33-34,39-40,43-46,55-56H,11-12,15-16,19-22,25-32H2,1-10H3,(H,57,67)(H,58,68)(H,59,65)(H,60,66)/t33-,34-,39+,40+,43-,44-,45+,46?/m0/s1. The van der Waals surface area contributed by atoms with Crippen LogP contribution in [-0.2, 0) is 41.6 Å². The molecular weight excluding hydrogens is 885 g/mol. The van der Waals surface area contributed by atoms with Gasteiger partial charge in [-0.25, -0.2) is 0 Å². The molecule has 2 aromatic carbocycles. The van der Waals surface area contributed by atoms with Crippen molar-refractivity contribution >= 4 is 46.8 Å². The van der Waals surface area contributed by atoms with Crippen LogP contribution < -0.4 is 41.7 Å². The van der Waals surface area contributed by atoms with Crippen molar-refractivity contribution < 1.29 is 28.8 Å². The minimum Gasteiger partial charge on any atom is -0.368 e. The van der Waals surface area contributed by atoms with Crippen LogP contribution >= 0.6 is 0 Å². The number of benzene rings is 2. The van der Waals surface area contributed by atoms with Crippen molar-refractivity contribution in [2.24, 2.45) is 10.8 Å². The summed E-state index contributed by atoms with van der Waals surface area (Å²) in [5.74, 6) is -1.21. The van der Waals surface area contributed by atoms with Crippen molar-refractivity contribution in [1.29, 1.82) is 0 Å². The molecule has 0 aromatic heterocycles. The van der Waals surface area contributed by atoms with Crippen molar-refractivity contribution in [3.63, 3.8) is 0 Å². The largest absolute Gasteiger partial charge is 0.368 e. The number of piperazine rings is 1. The zero-order valence-corrected chi connectivity index (χ0v) is 43.6. The van der Waals surface area contributed by atoms with Crippen LogP contribution in [0.15, 0.2) is 36.4 Å². The van der Waals surface area contributed by atoms with Crippen LogP contribution in [0.2, 0.25) is 0 Å². The topological polar surface area (TPSA) is 188 Å². The van der Waals surface area contributed by atoms with Crippen molar-refractivity contribution in [3.05, 3.63) is 58.7 Å². The van der Waals surface area contributed by atoms with E-state index in [0.717, 1.165) is 88.7 Å². The second kappa shape index (κ2) is 22.0. The van der Waals surface area contributed by atoms with Crippen LogP contribution in [0.5, 0.6) is 0 Å². The van der Waals surface area contributed by atoms with Crippen LogP contribution in [0, 0.1) is 10.8 Å². The van der Waals surface area contributed by atoms with Crippen molar-refractivity contribution in [2.45, 2.75) is 168 Å². The number of hydrogen-bond donors (Lipinski definition) is 6. The van der Waals surface area contributed by atoms with E-state index >= 15 is 0 Å². The lowest BCUT2D eigenvalue weighted by molar-refractivity contribution is -0.144. The summed E-state index contributed by atoms with van der Waals surface area (Å²) in [7, 11) is 3.42. The molecule has 70 heavy (non-hydrogen) atoms. The van der Waals surface area contributed by atoms with Gasteiger partial charge in [-0.2, -0.15) is 0 Å². The maximum absolute atomic E-state index is 14.2.